The number of morpholine rings is 1. The van der Waals surface area contributed by atoms with Gasteiger partial charge in [-0.1, -0.05) is 13.8 Å². The molecule has 0 spiro atoms. The zero-order valence-corrected chi connectivity index (χ0v) is 18.0. The fourth-order valence-electron chi connectivity index (χ4n) is 4.48. The summed E-state index contributed by atoms with van der Waals surface area (Å²) in [6.07, 6.45) is 7.70. The molecule has 0 aliphatic carbocycles. The number of aromatic nitrogens is 6. The molecule has 0 saturated carbocycles. The van der Waals surface area contributed by atoms with Gasteiger partial charge in [-0.05, 0) is 25.7 Å². The first-order valence-corrected chi connectivity index (χ1v) is 10.9. The molecule has 10 heteroatoms. The number of nitrogens with two attached hydrogens (primary N) is 1. The zero-order chi connectivity index (χ0) is 20.8. The number of rotatable bonds is 5. The Bertz CT molecular complexity index is 1050. The molecule has 3 aromatic heterocycles. The molecule has 2 fully saturated rings. The molecule has 0 aromatic carbocycles. The maximum atomic E-state index is 6.00. The second kappa shape index (κ2) is 7.63. The van der Waals surface area contributed by atoms with Crippen molar-refractivity contribution in [2.45, 2.75) is 57.8 Å². The van der Waals surface area contributed by atoms with E-state index >= 15 is 0 Å². The van der Waals surface area contributed by atoms with Gasteiger partial charge in [-0.15, -0.1) is 0 Å². The topological polar surface area (TPSA) is 108 Å². The smallest absolute Gasteiger partial charge is 0.382 e. The van der Waals surface area contributed by atoms with Gasteiger partial charge in [0.1, 0.15) is 22.7 Å². The molecule has 3 aromatic rings. The first kappa shape index (κ1) is 19.4. The average molecular weight is 430 g/mol. The van der Waals surface area contributed by atoms with Crippen molar-refractivity contribution in [1.29, 1.82) is 0 Å². The molecule has 2 aliphatic heterocycles. The molecule has 2 unspecified atom stereocenters. The van der Waals surface area contributed by atoms with Crippen LogP contribution in [0, 0.1) is 11.6 Å². The predicted octanol–water partition coefficient (Wildman–Crippen LogP) is 2.29. The van der Waals surface area contributed by atoms with E-state index in [1.165, 1.54) is 6.20 Å². The molecule has 30 heavy (non-hydrogen) atoms. The summed E-state index contributed by atoms with van der Waals surface area (Å²) < 4.78 is 8.07. The summed E-state index contributed by atoms with van der Waals surface area (Å²) in [5.41, 5.74) is 8.40. The lowest BCUT2D eigenvalue weighted by molar-refractivity contribution is -0.308. The first-order chi connectivity index (χ1) is 14.6. The molecule has 2 aliphatic rings. The molecule has 2 saturated heterocycles. The minimum atomic E-state index is 0.233. The Morgan fingerprint density at radius 2 is 1.83 bits per heavy atom. The van der Waals surface area contributed by atoms with Crippen LogP contribution < -0.4 is 10.6 Å². The Balaban J connectivity index is 1.70. The first-order valence-electron chi connectivity index (χ1n) is 10.5. The lowest BCUT2D eigenvalue weighted by atomic mass is 10.1. The van der Waals surface area contributed by atoms with Crippen LogP contribution in [0.4, 0.5) is 11.8 Å². The van der Waals surface area contributed by atoms with Crippen molar-refractivity contribution in [3.8, 4) is 11.4 Å². The minimum Gasteiger partial charge on any atom is -0.382 e. The number of nitrogens with zero attached hydrogens (tertiary/aromatic N) is 7. The van der Waals surface area contributed by atoms with Gasteiger partial charge in [-0.2, -0.15) is 9.97 Å². The molecule has 9 nitrogen and oxygen atoms in total. The third kappa shape index (κ3) is 3.26. The standard InChI is InChI=1S/C20H26ClN8O/c1-3-11(4-2)29-18-17(25-19(29)21)16(14-7-24-15(22)8-23-14)26-20(27-18)28-9-12-5-6-13(10-28)30-12/h7-8,11-13,21H,3-6,9-10H2,1-2H3,(H2,22,24)/q+1. The van der Waals surface area contributed by atoms with Gasteiger partial charge in [-0.25, -0.2) is 15.0 Å². The van der Waals surface area contributed by atoms with Crippen molar-refractivity contribution < 1.29 is 16.3 Å². The number of anilines is 2. The normalized spacial score (nSPS) is 21.1. The molecule has 5 rings (SSSR count). The molecule has 2 N–H and O–H groups in total. The number of halogens is 1. The van der Waals surface area contributed by atoms with Gasteiger partial charge >= 0.3 is 5.28 Å². The van der Waals surface area contributed by atoms with E-state index in [0.29, 0.717) is 34.0 Å². The van der Waals surface area contributed by atoms with Crippen LogP contribution in [0.2, 0.25) is 5.28 Å². The van der Waals surface area contributed by atoms with Gasteiger partial charge in [0.2, 0.25) is 5.95 Å². The van der Waals surface area contributed by atoms with E-state index in [2.05, 4.69) is 38.3 Å². The maximum absolute atomic E-state index is 6.00. The van der Waals surface area contributed by atoms with Crippen LogP contribution in [0.25, 0.3) is 22.6 Å². The highest BCUT2D eigenvalue weighted by Gasteiger charge is 2.36. The zero-order valence-electron chi connectivity index (χ0n) is 17.2. The van der Waals surface area contributed by atoms with E-state index in [4.69, 9.17) is 32.0 Å². The summed E-state index contributed by atoms with van der Waals surface area (Å²) in [7, 11) is 0. The lowest BCUT2D eigenvalue weighted by Crippen LogP contribution is -2.43. The second-order valence-electron chi connectivity index (χ2n) is 7.97. The van der Waals surface area contributed by atoms with Crippen LogP contribution in [0.3, 0.4) is 0 Å². The van der Waals surface area contributed by atoms with E-state index < -0.39 is 0 Å². The van der Waals surface area contributed by atoms with Crippen molar-refractivity contribution in [3.63, 3.8) is 0 Å². The number of ether oxygens (including phenoxy) is 1. The van der Waals surface area contributed by atoms with Gasteiger partial charge in [0.25, 0.3) is 0 Å². The molecule has 0 amide bonds. The Morgan fingerprint density at radius 3 is 2.47 bits per heavy atom. The Morgan fingerprint density at radius 1 is 1.10 bits per heavy atom. The van der Waals surface area contributed by atoms with Crippen LogP contribution in [-0.2, 0) is 4.74 Å². The van der Waals surface area contributed by atoms with Gasteiger partial charge in [0, 0.05) is 19.1 Å². The van der Waals surface area contributed by atoms with Gasteiger partial charge < -0.3 is 15.4 Å². The second-order valence-corrected chi connectivity index (χ2v) is 8.33. The minimum absolute atomic E-state index is 0.233. The van der Waals surface area contributed by atoms with Crippen molar-refractivity contribution in [1.82, 2.24) is 29.5 Å². The van der Waals surface area contributed by atoms with Crippen molar-refractivity contribution in [3.05, 3.63) is 17.7 Å². The molecular weight excluding hydrogens is 404 g/mol. The Labute approximate surface area is 179 Å². The molecule has 2 atom stereocenters. The van der Waals surface area contributed by atoms with E-state index in [0.717, 1.165) is 44.4 Å². The predicted molar refractivity (Wildman–Crippen MR) is 111 cm³/mol. The van der Waals surface area contributed by atoms with E-state index in [9.17, 15) is 0 Å². The monoisotopic (exact) mass is 429 g/mol. The summed E-state index contributed by atoms with van der Waals surface area (Å²) in [6, 6.07) is 0.233. The van der Waals surface area contributed by atoms with Gasteiger partial charge in [-0.3, -0.25) is 4.57 Å². The lowest BCUT2D eigenvalue weighted by Gasteiger charge is -2.32. The third-order valence-electron chi connectivity index (χ3n) is 6.04. The van der Waals surface area contributed by atoms with Crippen molar-refractivity contribution in [2.24, 2.45) is 0 Å². The molecule has 0 radical (unpaired) electrons. The fourth-order valence-corrected chi connectivity index (χ4v) is 4.81. The summed E-state index contributed by atoms with van der Waals surface area (Å²) in [5.74, 6) is 1.03. The molecule has 158 valence electrons. The van der Waals surface area contributed by atoms with Crippen LogP contribution in [-0.4, -0.2) is 54.8 Å². The van der Waals surface area contributed by atoms with Crippen LogP contribution >= 0.6 is 0 Å². The summed E-state index contributed by atoms with van der Waals surface area (Å²) in [4.78, 5) is 25.4. The maximum Gasteiger partial charge on any atom is 0.400 e. The Hall–Kier alpha value is -2.52. The van der Waals surface area contributed by atoms with Crippen molar-refractivity contribution >= 4 is 22.9 Å². The van der Waals surface area contributed by atoms with E-state index in [1.54, 1.807) is 6.20 Å². The van der Waals surface area contributed by atoms with Crippen LogP contribution in [0.15, 0.2) is 12.4 Å². The third-order valence-corrected chi connectivity index (χ3v) is 6.33. The fraction of sp³-hybridized carbons (Fsp3) is 0.550. The van der Waals surface area contributed by atoms with Gasteiger partial charge in [0.05, 0.1) is 24.6 Å². The SMILES string of the molecule is CCC(CC)n1c([ClH+])nc2c(-c3cnc(N)cn3)nc(N3CC4CCC(C3)O4)nc21. The number of nitrogen functional groups attached to an aromatic ring is 1. The highest BCUT2D eigenvalue weighted by molar-refractivity contribution is 5.87. The summed E-state index contributed by atoms with van der Waals surface area (Å²) >= 11 is 5.63. The van der Waals surface area contributed by atoms with Gasteiger partial charge in [0.15, 0.2) is 17.2 Å². The number of fused-ring (bicyclic) bond motifs is 3. The molecular formula is C20H26ClN8O+. The van der Waals surface area contributed by atoms with E-state index in [1.807, 2.05) is 0 Å². The van der Waals surface area contributed by atoms with Crippen molar-refractivity contribution in [2.75, 3.05) is 23.7 Å². The number of imidazole rings is 1. The molecule has 2 bridgehead atoms. The van der Waals surface area contributed by atoms with Crippen LogP contribution in [0.1, 0.15) is 45.6 Å². The largest absolute Gasteiger partial charge is 0.400 e. The number of hydrogen-bond acceptors (Lipinski definition) is 8. The summed E-state index contributed by atoms with van der Waals surface area (Å²) in [6.45, 7) is 5.88. The highest BCUT2D eigenvalue weighted by Crippen LogP contribution is 2.34. The van der Waals surface area contributed by atoms with E-state index in [-0.39, 0.29) is 18.2 Å². The van der Waals surface area contributed by atoms with Crippen LogP contribution in [0.5, 0.6) is 0 Å². The Kier molecular flexibility index (Phi) is 4.94. The molecule has 5 heterocycles. The summed E-state index contributed by atoms with van der Waals surface area (Å²) in [5, 5.41) is 0.525. The quantitative estimate of drug-likeness (QED) is 0.615. The highest BCUT2D eigenvalue weighted by atomic mass is 35.5. The number of hydrogen-bond donors (Lipinski definition) is 1. The average Bonchev–Trinajstić information content (AvgIpc) is 3.27.